The lowest BCUT2D eigenvalue weighted by molar-refractivity contribution is -0.384. The van der Waals surface area contributed by atoms with E-state index in [1.807, 2.05) is 6.92 Å². The van der Waals surface area contributed by atoms with Crippen LogP contribution in [0.25, 0.3) is 0 Å². The highest BCUT2D eigenvalue weighted by Gasteiger charge is 2.11. The molecule has 2 amide bonds. The molecule has 0 aliphatic rings. The van der Waals surface area contributed by atoms with E-state index in [2.05, 4.69) is 10.9 Å². The molecule has 0 saturated carbocycles. The van der Waals surface area contributed by atoms with E-state index in [9.17, 15) is 19.7 Å². The van der Waals surface area contributed by atoms with Crippen molar-refractivity contribution in [1.29, 1.82) is 0 Å². The minimum atomic E-state index is -0.614. The zero-order valence-electron chi connectivity index (χ0n) is 13.1. The van der Waals surface area contributed by atoms with Crippen molar-refractivity contribution in [3.8, 4) is 5.75 Å². The van der Waals surface area contributed by atoms with Gasteiger partial charge in [-0.15, -0.1) is 0 Å². The number of hydrogen-bond donors (Lipinski definition) is 2. The summed E-state index contributed by atoms with van der Waals surface area (Å²) in [4.78, 5) is 33.5. The topological polar surface area (TPSA) is 111 Å². The van der Waals surface area contributed by atoms with Gasteiger partial charge in [0.15, 0.2) is 6.61 Å². The van der Waals surface area contributed by atoms with Gasteiger partial charge in [0.25, 0.3) is 17.5 Å². The lowest BCUT2D eigenvalue weighted by Gasteiger charge is -2.10. The number of aryl methyl sites for hydroxylation is 1. The van der Waals surface area contributed by atoms with Gasteiger partial charge in [0.05, 0.1) is 9.95 Å². The van der Waals surface area contributed by atoms with Gasteiger partial charge in [0.1, 0.15) is 5.75 Å². The van der Waals surface area contributed by atoms with E-state index in [-0.39, 0.29) is 17.9 Å². The van der Waals surface area contributed by atoms with Crippen LogP contribution in [0.1, 0.15) is 15.9 Å². The maximum absolute atomic E-state index is 11.8. The summed E-state index contributed by atoms with van der Waals surface area (Å²) in [5.74, 6) is -0.844. The average Bonchev–Trinajstić information content (AvgIpc) is 2.60. The molecule has 0 aliphatic carbocycles. The number of nitrogens with zero attached hydrogens (tertiary/aromatic N) is 1. The number of nitro benzene ring substituents is 1. The zero-order valence-corrected chi connectivity index (χ0v) is 13.9. The number of halogens is 1. The lowest BCUT2D eigenvalue weighted by atomic mass is 10.2. The normalized spacial score (nSPS) is 10.0. The van der Waals surface area contributed by atoms with Crippen LogP contribution in [0.15, 0.2) is 42.5 Å². The molecule has 130 valence electrons. The van der Waals surface area contributed by atoms with Gasteiger partial charge in [-0.3, -0.25) is 30.6 Å². The first-order valence-corrected chi connectivity index (χ1v) is 7.47. The maximum atomic E-state index is 11.8. The van der Waals surface area contributed by atoms with Crippen molar-refractivity contribution < 1.29 is 19.2 Å². The molecule has 2 aromatic rings. The van der Waals surface area contributed by atoms with Crippen LogP contribution in [0.3, 0.4) is 0 Å². The highest BCUT2D eigenvalue weighted by atomic mass is 35.5. The molecule has 25 heavy (non-hydrogen) atoms. The predicted molar refractivity (Wildman–Crippen MR) is 90.4 cm³/mol. The summed E-state index contributed by atoms with van der Waals surface area (Å²) in [5.41, 5.74) is 5.32. The van der Waals surface area contributed by atoms with E-state index in [0.717, 1.165) is 5.56 Å². The fraction of sp³-hybridized carbons (Fsp3) is 0.125. The number of amides is 2. The van der Waals surface area contributed by atoms with E-state index in [1.165, 1.54) is 24.3 Å². The van der Waals surface area contributed by atoms with Crippen LogP contribution >= 0.6 is 11.6 Å². The number of hydrogen-bond acceptors (Lipinski definition) is 5. The Bertz CT molecular complexity index is 808. The average molecular weight is 364 g/mol. The third-order valence-electron chi connectivity index (χ3n) is 3.10. The Labute approximate surface area is 147 Å². The summed E-state index contributed by atoms with van der Waals surface area (Å²) in [7, 11) is 0. The van der Waals surface area contributed by atoms with Crippen molar-refractivity contribution in [2.24, 2.45) is 0 Å². The standard InChI is InChI=1S/C16H14ClN3O5/c1-10-2-7-13(17)14(8-10)25-9-15(21)18-19-16(22)11-3-5-12(6-4-11)20(23)24/h2-8H,9H2,1H3,(H,18,21)(H,19,22). The number of carbonyl (C=O) groups is 2. The van der Waals surface area contributed by atoms with Crippen LogP contribution in [-0.2, 0) is 4.79 Å². The fourth-order valence-corrected chi connectivity index (χ4v) is 2.01. The van der Waals surface area contributed by atoms with E-state index in [0.29, 0.717) is 10.8 Å². The highest BCUT2D eigenvalue weighted by Crippen LogP contribution is 2.24. The summed E-state index contributed by atoms with van der Waals surface area (Å²) in [5, 5.41) is 10.9. The molecular formula is C16H14ClN3O5. The number of nitro groups is 1. The second kappa shape index (κ2) is 8.11. The monoisotopic (exact) mass is 363 g/mol. The Morgan fingerprint density at radius 2 is 1.84 bits per heavy atom. The van der Waals surface area contributed by atoms with Crippen molar-refractivity contribution >= 4 is 29.1 Å². The molecule has 0 aromatic heterocycles. The van der Waals surface area contributed by atoms with Crippen LogP contribution < -0.4 is 15.6 Å². The summed E-state index contributed by atoms with van der Waals surface area (Å²) in [6.07, 6.45) is 0. The van der Waals surface area contributed by atoms with Crippen LogP contribution in [0, 0.1) is 17.0 Å². The lowest BCUT2D eigenvalue weighted by Crippen LogP contribution is -2.43. The molecule has 8 nitrogen and oxygen atoms in total. The molecule has 0 heterocycles. The maximum Gasteiger partial charge on any atom is 0.276 e. The molecule has 2 rings (SSSR count). The van der Waals surface area contributed by atoms with Gasteiger partial charge in [-0.05, 0) is 36.8 Å². The van der Waals surface area contributed by atoms with E-state index >= 15 is 0 Å². The molecule has 0 radical (unpaired) electrons. The molecule has 2 N–H and O–H groups in total. The molecule has 0 spiro atoms. The third kappa shape index (κ3) is 5.18. The van der Waals surface area contributed by atoms with Crippen molar-refractivity contribution in [3.63, 3.8) is 0 Å². The smallest absolute Gasteiger partial charge is 0.276 e. The van der Waals surface area contributed by atoms with Gasteiger partial charge < -0.3 is 4.74 Å². The third-order valence-corrected chi connectivity index (χ3v) is 3.41. The van der Waals surface area contributed by atoms with Crippen molar-refractivity contribution in [1.82, 2.24) is 10.9 Å². The van der Waals surface area contributed by atoms with Crippen LogP contribution in [0.4, 0.5) is 5.69 Å². The summed E-state index contributed by atoms with van der Waals surface area (Å²) >= 11 is 5.95. The van der Waals surface area contributed by atoms with Crippen molar-refractivity contribution in [2.45, 2.75) is 6.92 Å². The Kier molecular flexibility index (Phi) is 5.91. The largest absolute Gasteiger partial charge is 0.482 e. The number of rotatable bonds is 5. The first-order chi connectivity index (χ1) is 11.9. The Morgan fingerprint density at radius 3 is 2.48 bits per heavy atom. The first-order valence-electron chi connectivity index (χ1n) is 7.09. The predicted octanol–water partition coefficient (Wildman–Crippen LogP) is 2.40. The minimum Gasteiger partial charge on any atom is -0.482 e. The Hall–Kier alpha value is -3.13. The number of benzene rings is 2. The molecule has 0 saturated heterocycles. The van der Waals surface area contributed by atoms with Crippen molar-refractivity contribution in [3.05, 3.63) is 68.7 Å². The highest BCUT2D eigenvalue weighted by molar-refractivity contribution is 6.32. The number of non-ortho nitro benzene ring substituents is 1. The van der Waals surface area contributed by atoms with Crippen molar-refractivity contribution in [2.75, 3.05) is 6.61 Å². The van der Waals surface area contributed by atoms with Gasteiger partial charge >= 0.3 is 0 Å². The van der Waals surface area contributed by atoms with Gasteiger partial charge in [0.2, 0.25) is 0 Å². The van der Waals surface area contributed by atoms with E-state index in [4.69, 9.17) is 16.3 Å². The quantitative estimate of drug-likeness (QED) is 0.626. The van der Waals surface area contributed by atoms with Crippen LogP contribution in [0.2, 0.25) is 5.02 Å². The first kappa shape index (κ1) is 18.2. The second-order valence-electron chi connectivity index (χ2n) is 5.03. The van der Waals surface area contributed by atoms with E-state index < -0.39 is 16.7 Å². The fourth-order valence-electron chi connectivity index (χ4n) is 1.83. The van der Waals surface area contributed by atoms with Gasteiger partial charge in [-0.2, -0.15) is 0 Å². The second-order valence-corrected chi connectivity index (χ2v) is 5.44. The summed E-state index contributed by atoms with van der Waals surface area (Å²) in [6.45, 7) is 1.51. The molecule has 9 heteroatoms. The van der Waals surface area contributed by atoms with E-state index in [1.54, 1.807) is 18.2 Å². The Balaban J connectivity index is 1.84. The van der Waals surface area contributed by atoms with Crippen LogP contribution in [-0.4, -0.2) is 23.3 Å². The number of ether oxygens (including phenoxy) is 1. The Morgan fingerprint density at radius 1 is 1.16 bits per heavy atom. The zero-order chi connectivity index (χ0) is 18.4. The number of carbonyl (C=O) groups excluding carboxylic acids is 2. The molecule has 0 fully saturated rings. The SMILES string of the molecule is Cc1ccc(Cl)c(OCC(=O)NNC(=O)c2ccc([N+](=O)[O-])cc2)c1. The van der Waals surface area contributed by atoms with Crippen LogP contribution in [0.5, 0.6) is 5.75 Å². The molecule has 0 unspecified atom stereocenters. The molecule has 0 bridgehead atoms. The molecular weight excluding hydrogens is 350 g/mol. The summed E-state index contributed by atoms with van der Waals surface area (Å²) in [6, 6.07) is 10.1. The molecule has 0 atom stereocenters. The molecule has 2 aromatic carbocycles. The van der Waals surface area contributed by atoms with Gasteiger partial charge in [0, 0.05) is 17.7 Å². The minimum absolute atomic E-state index is 0.135. The van der Waals surface area contributed by atoms with Gasteiger partial charge in [-0.1, -0.05) is 17.7 Å². The molecule has 0 aliphatic heterocycles. The number of hydrazine groups is 1. The number of nitrogens with one attached hydrogen (secondary N) is 2. The summed E-state index contributed by atoms with van der Waals surface area (Å²) < 4.78 is 5.29. The van der Waals surface area contributed by atoms with Gasteiger partial charge in [-0.25, -0.2) is 0 Å².